The van der Waals surface area contributed by atoms with E-state index in [0.717, 1.165) is 5.56 Å². The molecular formula is C14H16N2O3. The number of hydrogen-bond donors (Lipinski definition) is 2. The fourth-order valence-corrected chi connectivity index (χ4v) is 1.97. The molecule has 1 heterocycles. The molecule has 0 aromatic carbocycles. The molecule has 2 atom stereocenters. The Hall–Kier alpha value is -2.14. The summed E-state index contributed by atoms with van der Waals surface area (Å²) in [6.45, 7) is 1.79. The summed E-state index contributed by atoms with van der Waals surface area (Å²) < 4.78 is 5.58. The SMILES string of the molecule is CC1(O)C(OCc2cccnc2)=CC=CC1C(N)=O. The number of rotatable bonds is 4. The molecule has 0 fully saturated rings. The molecule has 0 saturated heterocycles. The molecule has 100 valence electrons. The smallest absolute Gasteiger partial charge is 0.227 e. The zero-order valence-electron chi connectivity index (χ0n) is 10.6. The number of hydrogen-bond acceptors (Lipinski definition) is 4. The van der Waals surface area contributed by atoms with E-state index in [1.165, 1.54) is 6.92 Å². The van der Waals surface area contributed by atoms with Crippen LogP contribution in [0.25, 0.3) is 0 Å². The Morgan fingerprint density at radius 2 is 2.42 bits per heavy atom. The Morgan fingerprint density at radius 1 is 1.63 bits per heavy atom. The minimum Gasteiger partial charge on any atom is -0.490 e. The first kappa shape index (κ1) is 13.3. The van der Waals surface area contributed by atoms with Crippen molar-refractivity contribution in [3.63, 3.8) is 0 Å². The summed E-state index contributed by atoms with van der Waals surface area (Å²) in [6.07, 6.45) is 8.21. The number of carbonyl (C=O) groups is 1. The van der Waals surface area contributed by atoms with Gasteiger partial charge in [0.15, 0.2) is 0 Å². The Morgan fingerprint density at radius 3 is 3.05 bits per heavy atom. The number of aromatic nitrogens is 1. The van der Waals surface area contributed by atoms with Gasteiger partial charge in [-0.1, -0.05) is 18.2 Å². The zero-order chi connectivity index (χ0) is 13.9. The number of nitrogens with two attached hydrogens (primary N) is 1. The first-order valence-corrected chi connectivity index (χ1v) is 5.94. The molecule has 1 amide bonds. The van der Waals surface area contributed by atoms with Gasteiger partial charge in [0.25, 0.3) is 0 Å². The molecule has 3 N–H and O–H groups in total. The molecule has 0 bridgehead atoms. The van der Waals surface area contributed by atoms with Crippen LogP contribution in [0.5, 0.6) is 0 Å². The van der Waals surface area contributed by atoms with Crippen molar-refractivity contribution in [3.05, 3.63) is 54.1 Å². The Kier molecular flexibility index (Phi) is 3.66. The van der Waals surface area contributed by atoms with Crippen LogP contribution >= 0.6 is 0 Å². The minimum atomic E-state index is -1.43. The highest BCUT2D eigenvalue weighted by molar-refractivity contribution is 5.81. The van der Waals surface area contributed by atoms with Crippen molar-refractivity contribution >= 4 is 5.91 Å². The van der Waals surface area contributed by atoms with Crippen molar-refractivity contribution in [3.8, 4) is 0 Å². The van der Waals surface area contributed by atoms with E-state index in [0.29, 0.717) is 5.76 Å². The normalized spacial score (nSPS) is 25.8. The highest BCUT2D eigenvalue weighted by Crippen LogP contribution is 2.31. The van der Waals surface area contributed by atoms with E-state index in [4.69, 9.17) is 10.5 Å². The summed E-state index contributed by atoms with van der Waals surface area (Å²) in [5, 5.41) is 10.4. The lowest BCUT2D eigenvalue weighted by Crippen LogP contribution is -2.45. The molecule has 0 aliphatic heterocycles. The van der Waals surface area contributed by atoms with Crippen molar-refractivity contribution in [2.24, 2.45) is 11.7 Å². The number of allylic oxidation sites excluding steroid dienone is 2. The van der Waals surface area contributed by atoms with Gasteiger partial charge >= 0.3 is 0 Å². The molecule has 19 heavy (non-hydrogen) atoms. The van der Waals surface area contributed by atoms with Crippen LogP contribution in [0.1, 0.15) is 12.5 Å². The van der Waals surface area contributed by atoms with Gasteiger partial charge in [-0.15, -0.1) is 0 Å². The summed E-state index contributed by atoms with van der Waals surface area (Å²) >= 11 is 0. The van der Waals surface area contributed by atoms with Gasteiger partial charge in [-0.3, -0.25) is 9.78 Å². The molecule has 1 aromatic heterocycles. The maximum Gasteiger partial charge on any atom is 0.227 e. The third kappa shape index (κ3) is 2.82. The highest BCUT2D eigenvalue weighted by Gasteiger charge is 2.40. The second-order valence-corrected chi connectivity index (χ2v) is 4.59. The lowest BCUT2D eigenvalue weighted by molar-refractivity contribution is -0.127. The lowest BCUT2D eigenvalue weighted by atomic mass is 9.83. The zero-order valence-corrected chi connectivity index (χ0v) is 10.6. The van der Waals surface area contributed by atoms with E-state index in [9.17, 15) is 9.90 Å². The van der Waals surface area contributed by atoms with E-state index >= 15 is 0 Å². The van der Waals surface area contributed by atoms with E-state index in [-0.39, 0.29) is 6.61 Å². The van der Waals surface area contributed by atoms with E-state index in [2.05, 4.69) is 4.98 Å². The van der Waals surface area contributed by atoms with Gasteiger partial charge in [-0.05, 0) is 19.1 Å². The average molecular weight is 260 g/mol. The van der Waals surface area contributed by atoms with Crippen LogP contribution in [0.3, 0.4) is 0 Å². The molecule has 1 aliphatic carbocycles. The van der Waals surface area contributed by atoms with Crippen molar-refractivity contribution in [2.45, 2.75) is 19.1 Å². The van der Waals surface area contributed by atoms with Crippen LogP contribution in [-0.2, 0) is 16.1 Å². The van der Waals surface area contributed by atoms with Gasteiger partial charge in [0, 0.05) is 18.0 Å². The summed E-state index contributed by atoms with van der Waals surface area (Å²) in [5.41, 5.74) is 4.72. The Bertz CT molecular complexity index is 521. The van der Waals surface area contributed by atoms with E-state index < -0.39 is 17.4 Å². The summed E-state index contributed by atoms with van der Waals surface area (Å²) in [7, 11) is 0. The van der Waals surface area contributed by atoms with Crippen LogP contribution < -0.4 is 5.73 Å². The minimum absolute atomic E-state index is 0.273. The van der Waals surface area contributed by atoms with Gasteiger partial charge in [0.05, 0.1) is 5.92 Å². The summed E-state index contributed by atoms with van der Waals surface area (Å²) in [4.78, 5) is 15.3. The van der Waals surface area contributed by atoms with Crippen LogP contribution in [0.4, 0.5) is 0 Å². The second kappa shape index (κ2) is 5.24. The molecule has 2 rings (SSSR count). The third-order valence-corrected chi connectivity index (χ3v) is 3.08. The van der Waals surface area contributed by atoms with Crippen molar-refractivity contribution in [1.82, 2.24) is 4.98 Å². The van der Waals surface area contributed by atoms with Gasteiger partial charge in [0.1, 0.15) is 18.0 Å². The number of nitrogens with zero attached hydrogens (tertiary/aromatic N) is 1. The highest BCUT2D eigenvalue weighted by atomic mass is 16.5. The van der Waals surface area contributed by atoms with Crippen LogP contribution in [-0.4, -0.2) is 21.6 Å². The number of pyridine rings is 1. The summed E-state index contributed by atoms with van der Waals surface area (Å²) in [5.74, 6) is -1.05. The maximum absolute atomic E-state index is 11.3. The van der Waals surface area contributed by atoms with Gasteiger partial charge in [-0.25, -0.2) is 0 Å². The predicted octanol–water partition coefficient (Wildman–Crippen LogP) is 0.904. The van der Waals surface area contributed by atoms with Gasteiger partial charge in [-0.2, -0.15) is 0 Å². The van der Waals surface area contributed by atoms with Gasteiger partial charge in [0.2, 0.25) is 5.91 Å². The number of amides is 1. The average Bonchev–Trinajstić information content (AvgIpc) is 2.37. The standard InChI is InChI=1S/C14H16N2O3/c1-14(18)11(13(15)17)5-2-6-12(14)19-9-10-4-3-7-16-8-10/h2-8,11,18H,9H2,1H3,(H2,15,17). The number of primary amides is 1. The summed E-state index contributed by atoms with van der Waals surface area (Å²) in [6, 6.07) is 3.67. The van der Waals surface area contributed by atoms with Crippen molar-refractivity contribution in [1.29, 1.82) is 0 Å². The second-order valence-electron chi connectivity index (χ2n) is 4.59. The fraction of sp³-hybridized carbons (Fsp3) is 0.286. The molecule has 1 aromatic rings. The fourth-order valence-electron chi connectivity index (χ4n) is 1.97. The molecule has 5 heteroatoms. The Labute approximate surface area is 111 Å². The lowest BCUT2D eigenvalue weighted by Gasteiger charge is -2.33. The van der Waals surface area contributed by atoms with Crippen molar-refractivity contribution in [2.75, 3.05) is 0 Å². The topological polar surface area (TPSA) is 85.4 Å². The van der Waals surface area contributed by atoms with Crippen LogP contribution in [0, 0.1) is 5.92 Å². The molecule has 5 nitrogen and oxygen atoms in total. The van der Waals surface area contributed by atoms with Crippen LogP contribution in [0.2, 0.25) is 0 Å². The van der Waals surface area contributed by atoms with E-state index in [1.54, 1.807) is 36.7 Å². The molecule has 0 radical (unpaired) electrons. The predicted molar refractivity (Wildman–Crippen MR) is 69.6 cm³/mol. The molecule has 0 spiro atoms. The Balaban J connectivity index is 2.10. The monoisotopic (exact) mass is 260 g/mol. The molecular weight excluding hydrogens is 244 g/mol. The first-order valence-electron chi connectivity index (χ1n) is 5.94. The molecule has 2 unspecified atom stereocenters. The van der Waals surface area contributed by atoms with Crippen molar-refractivity contribution < 1.29 is 14.6 Å². The molecule has 0 saturated carbocycles. The first-order chi connectivity index (χ1) is 9.01. The van der Waals surface area contributed by atoms with E-state index in [1.807, 2.05) is 6.07 Å². The third-order valence-electron chi connectivity index (χ3n) is 3.08. The van der Waals surface area contributed by atoms with Crippen LogP contribution in [0.15, 0.2) is 48.5 Å². The van der Waals surface area contributed by atoms with Gasteiger partial charge < -0.3 is 15.6 Å². The number of carbonyl (C=O) groups excluding carboxylic acids is 1. The maximum atomic E-state index is 11.3. The largest absolute Gasteiger partial charge is 0.490 e. The number of ether oxygens (including phenoxy) is 1. The number of aliphatic hydroxyl groups is 1. The quantitative estimate of drug-likeness (QED) is 0.842. The molecule has 1 aliphatic rings.